The molecule has 2 bridgehead atoms. The molecule has 4 rings (SSSR count). The number of carbonyl (C=O) groups is 1. The van der Waals surface area contributed by atoms with E-state index >= 15 is 0 Å². The summed E-state index contributed by atoms with van der Waals surface area (Å²) in [5, 5.41) is 15.7. The highest BCUT2D eigenvalue weighted by Crippen LogP contribution is 2.35. The van der Waals surface area contributed by atoms with Crippen LogP contribution in [0.25, 0.3) is 0 Å². The largest absolute Gasteiger partial charge is 0.366 e. The summed E-state index contributed by atoms with van der Waals surface area (Å²) in [7, 11) is 2.10. The number of halogens is 1. The van der Waals surface area contributed by atoms with Gasteiger partial charge in [-0.05, 0) is 56.8 Å². The van der Waals surface area contributed by atoms with E-state index in [2.05, 4.69) is 40.5 Å². The van der Waals surface area contributed by atoms with Crippen molar-refractivity contribution in [3.8, 4) is 6.07 Å². The van der Waals surface area contributed by atoms with E-state index in [1.54, 1.807) is 12.1 Å². The molecule has 3 aliphatic rings. The normalized spacial score (nSPS) is 30.2. The van der Waals surface area contributed by atoms with Crippen molar-refractivity contribution in [2.75, 3.05) is 31.6 Å². The van der Waals surface area contributed by atoms with Crippen LogP contribution in [0.2, 0.25) is 0 Å². The fraction of sp³-hybridized carbons (Fsp3) is 0.636. The molecule has 29 heavy (non-hydrogen) atoms. The first-order valence-corrected chi connectivity index (χ1v) is 10.6. The molecule has 156 valence electrons. The monoisotopic (exact) mass is 399 g/mol. The van der Waals surface area contributed by atoms with Crippen LogP contribution in [0.5, 0.6) is 0 Å². The number of piperazine rings is 1. The van der Waals surface area contributed by atoms with Gasteiger partial charge in [-0.1, -0.05) is 6.07 Å². The van der Waals surface area contributed by atoms with Crippen molar-refractivity contribution in [3.05, 3.63) is 29.6 Å². The molecule has 6 nitrogen and oxygen atoms in total. The van der Waals surface area contributed by atoms with Crippen LogP contribution in [0.4, 0.5) is 10.1 Å². The first kappa shape index (κ1) is 20.1. The Labute approximate surface area is 172 Å². The van der Waals surface area contributed by atoms with Crippen molar-refractivity contribution < 1.29 is 9.18 Å². The molecule has 4 unspecified atom stereocenters. The van der Waals surface area contributed by atoms with E-state index in [4.69, 9.17) is 0 Å². The van der Waals surface area contributed by atoms with Crippen LogP contribution in [0.15, 0.2) is 18.2 Å². The molecule has 1 amide bonds. The third kappa shape index (κ3) is 4.24. The van der Waals surface area contributed by atoms with Crippen LogP contribution in [-0.2, 0) is 11.2 Å². The van der Waals surface area contributed by atoms with Gasteiger partial charge in [-0.2, -0.15) is 5.26 Å². The van der Waals surface area contributed by atoms with Gasteiger partial charge >= 0.3 is 0 Å². The highest BCUT2D eigenvalue weighted by Gasteiger charge is 2.43. The van der Waals surface area contributed by atoms with E-state index in [1.807, 2.05) is 6.07 Å². The number of benzene rings is 1. The van der Waals surface area contributed by atoms with Gasteiger partial charge in [-0.25, -0.2) is 4.39 Å². The Bertz CT molecular complexity index is 809. The van der Waals surface area contributed by atoms with E-state index in [1.165, 1.54) is 0 Å². The quantitative estimate of drug-likeness (QED) is 0.788. The predicted octanol–water partition coefficient (Wildman–Crippen LogP) is 1.66. The van der Waals surface area contributed by atoms with Crippen molar-refractivity contribution in [2.45, 2.75) is 56.8 Å². The summed E-state index contributed by atoms with van der Waals surface area (Å²) >= 11 is 0. The molecule has 2 aliphatic heterocycles. The van der Waals surface area contributed by atoms with Crippen LogP contribution in [0.3, 0.4) is 0 Å². The molecule has 2 N–H and O–H groups in total. The van der Waals surface area contributed by atoms with Gasteiger partial charge < -0.3 is 20.4 Å². The zero-order chi connectivity index (χ0) is 20.5. The molecule has 7 heteroatoms. The lowest BCUT2D eigenvalue weighted by Gasteiger charge is -2.39. The second kappa shape index (κ2) is 8.29. The van der Waals surface area contributed by atoms with Crippen LogP contribution in [0.1, 0.15) is 31.7 Å². The van der Waals surface area contributed by atoms with Gasteiger partial charge in [-0.15, -0.1) is 0 Å². The van der Waals surface area contributed by atoms with E-state index in [-0.39, 0.29) is 24.2 Å². The molecule has 1 aliphatic carbocycles. The average Bonchev–Trinajstić information content (AvgIpc) is 3.32. The first-order chi connectivity index (χ1) is 13.9. The summed E-state index contributed by atoms with van der Waals surface area (Å²) in [5.74, 6) is -0.0887. The van der Waals surface area contributed by atoms with E-state index in [0.717, 1.165) is 44.6 Å². The zero-order valence-electron chi connectivity index (χ0n) is 17.2. The minimum Gasteiger partial charge on any atom is -0.366 e. The number of hydrogen-bond acceptors (Lipinski definition) is 5. The Morgan fingerprint density at radius 3 is 2.86 bits per heavy atom. The summed E-state index contributed by atoms with van der Waals surface area (Å²) in [6.07, 6.45) is 3.40. The standard InChI is InChI=1S/C22H30FN5O/c1-14-13-27(2)7-8-28(14)19-6-4-15(20(23)11-19)9-18(12-24)26-22(29)21-16-3-5-17(10-16)25-21/h4,6,11,14,16-18,21,25H,3,5,7-10,13H2,1-2H3,(H,26,29)/t14?,16?,17?,18-,21?/m0/s1. The number of nitriles is 1. The molecule has 0 radical (unpaired) electrons. The first-order valence-electron chi connectivity index (χ1n) is 10.6. The number of nitrogens with zero attached hydrogens (tertiary/aromatic N) is 3. The molecular formula is C22H30FN5O. The maximum absolute atomic E-state index is 14.8. The Morgan fingerprint density at radius 1 is 1.41 bits per heavy atom. The third-order valence-corrected chi connectivity index (χ3v) is 6.74. The molecule has 2 saturated heterocycles. The van der Waals surface area contributed by atoms with Crippen molar-refractivity contribution in [2.24, 2.45) is 5.92 Å². The molecular weight excluding hydrogens is 369 g/mol. The zero-order valence-corrected chi connectivity index (χ0v) is 17.2. The number of anilines is 1. The molecule has 1 saturated carbocycles. The topological polar surface area (TPSA) is 71.4 Å². The van der Waals surface area contributed by atoms with E-state index in [9.17, 15) is 14.4 Å². The Morgan fingerprint density at radius 2 is 2.24 bits per heavy atom. The van der Waals surface area contributed by atoms with Gasteiger partial charge in [0.25, 0.3) is 0 Å². The van der Waals surface area contributed by atoms with Gasteiger partial charge in [0.1, 0.15) is 11.9 Å². The van der Waals surface area contributed by atoms with Crippen molar-refractivity contribution >= 4 is 11.6 Å². The maximum Gasteiger partial charge on any atom is 0.238 e. The smallest absolute Gasteiger partial charge is 0.238 e. The second-order valence-electron chi connectivity index (χ2n) is 8.89. The summed E-state index contributed by atoms with van der Waals surface area (Å²) in [6, 6.07) is 7.17. The van der Waals surface area contributed by atoms with Gasteiger partial charge in [0, 0.05) is 43.8 Å². The van der Waals surface area contributed by atoms with E-state index < -0.39 is 6.04 Å². The van der Waals surface area contributed by atoms with E-state index in [0.29, 0.717) is 23.6 Å². The van der Waals surface area contributed by atoms with Gasteiger partial charge in [0.05, 0.1) is 12.1 Å². The fourth-order valence-electron chi connectivity index (χ4n) is 5.16. The predicted molar refractivity (Wildman–Crippen MR) is 110 cm³/mol. The Balaban J connectivity index is 1.39. The second-order valence-corrected chi connectivity index (χ2v) is 8.89. The number of nitrogens with one attached hydrogen (secondary N) is 2. The highest BCUT2D eigenvalue weighted by atomic mass is 19.1. The SMILES string of the molecule is CC1CN(C)CCN1c1ccc(C[C@@H](C#N)NC(=O)C2NC3CCC2C3)c(F)c1. The lowest BCUT2D eigenvalue weighted by molar-refractivity contribution is -0.124. The number of rotatable bonds is 5. The van der Waals surface area contributed by atoms with Crippen molar-refractivity contribution in [1.29, 1.82) is 5.26 Å². The van der Waals surface area contributed by atoms with Crippen LogP contribution in [-0.4, -0.2) is 61.7 Å². The lowest BCUT2D eigenvalue weighted by Crippen LogP contribution is -2.50. The minimum absolute atomic E-state index is 0.132. The molecule has 0 aromatic heterocycles. The number of amides is 1. The molecule has 2 heterocycles. The average molecular weight is 400 g/mol. The Hall–Kier alpha value is -2.17. The van der Waals surface area contributed by atoms with Crippen LogP contribution < -0.4 is 15.5 Å². The number of carbonyl (C=O) groups excluding carboxylic acids is 1. The summed E-state index contributed by atoms with van der Waals surface area (Å²) in [6.45, 7) is 4.91. The van der Waals surface area contributed by atoms with Gasteiger partial charge in [0.15, 0.2) is 0 Å². The number of likely N-dealkylation sites (N-methyl/N-ethyl adjacent to an activating group) is 1. The molecule has 5 atom stereocenters. The maximum atomic E-state index is 14.8. The summed E-state index contributed by atoms with van der Waals surface area (Å²) < 4.78 is 14.8. The van der Waals surface area contributed by atoms with Crippen molar-refractivity contribution in [3.63, 3.8) is 0 Å². The number of hydrogen-bond donors (Lipinski definition) is 2. The Kier molecular flexibility index (Phi) is 5.75. The van der Waals surface area contributed by atoms with Crippen LogP contribution in [0, 0.1) is 23.1 Å². The number of piperidine rings is 1. The molecule has 0 spiro atoms. The molecule has 1 aromatic carbocycles. The third-order valence-electron chi connectivity index (χ3n) is 6.74. The fourth-order valence-corrected chi connectivity index (χ4v) is 5.16. The van der Waals surface area contributed by atoms with Gasteiger partial charge in [0.2, 0.25) is 5.91 Å². The number of fused-ring (bicyclic) bond motifs is 2. The highest BCUT2D eigenvalue weighted by molar-refractivity contribution is 5.83. The van der Waals surface area contributed by atoms with Gasteiger partial charge in [-0.3, -0.25) is 4.79 Å². The molecule has 3 fully saturated rings. The lowest BCUT2D eigenvalue weighted by atomic mass is 9.98. The minimum atomic E-state index is -0.730. The van der Waals surface area contributed by atoms with Crippen LogP contribution >= 0.6 is 0 Å². The molecule has 1 aromatic rings. The summed E-state index contributed by atoms with van der Waals surface area (Å²) in [5.41, 5.74) is 1.33. The summed E-state index contributed by atoms with van der Waals surface area (Å²) in [4.78, 5) is 17.1. The van der Waals surface area contributed by atoms with Crippen molar-refractivity contribution in [1.82, 2.24) is 15.5 Å².